The van der Waals surface area contributed by atoms with E-state index in [0.717, 1.165) is 17.7 Å². The van der Waals surface area contributed by atoms with Crippen molar-refractivity contribution in [3.63, 3.8) is 0 Å². The summed E-state index contributed by atoms with van der Waals surface area (Å²) in [6.07, 6.45) is -0.0213. The van der Waals surface area contributed by atoms with Crippen LogP contribution >= 0.6 is 11.8 Å². The van der Waals surface area contributed by atoms with Gasteiger partial charge in [0.2, 0.25) is 0 Å². The van der Waals surface area contributed by atoms with E-state index in [1.54, 1.807) is 23.9 Å². The summed E-state index contributed by atoms with van der Waals surface area (Å²) in [7, 11) is 0. The zero-order valence-corrected chi connectivity index (χ0v) is 10.5. The number of hydrogen-bond donors (Lipinski definition) is 0. The predicted octanol–water partition coefficient (Wildman–Crippen LogP) is 4.47. The maximum atomic E-state index is 12.2. The van der Waals surface area contributed by atoms with Crippen molar-refractivity contribution in [1.82, 2.24) is 0 Å². The van der Waals surface area contributed by atoms with E-state index in [2.05, 4.69) is 0 Å². The Morgan fingerprint density at radius 3 is 2.17 bits per heavy atom. The van der Waals surface area contributed by atoms with E-state index in [0.29, 0.717) is 5.25 Å². The van der Waals surface area contributed by atoms with Crippen LogP contribution in [0.5, 0.6) is 0 Å². The third-order valence-electron chi connectivity index (χ3n) is 2.98. The van der Waals surface area contributed by atoms with Gasteiger partial charge in [-0.3, -0.25) is 4.79 Å². The van der Waals surface area contributed by atoms with Gasteiger partial charge < -0.3 is 0 Å². The Labute approximate surface area is 108 Å². The monoisotopic (exact) mass is 274 g/mol. The van der Waals surface area contributed by atoms with Gasteiger partial charge in [-0.05, 0) is 37.1 Å². The number of halogens is 3. The van der Waals surface area contributed by atoms with Gasteiger partial charge in [-0.2, -0.15) is 13.2 Å². The van der Waals surface area contributed by atoms with Crippen molar-refractivity contribution >= 4 is 17.5 Å². The van der Waals surface area contributed by atoms with Gasteiger partial charge in [0.05, 0.1) is 0 Å². The fourth-order valence-corrected chi connectivity index (χ4v) is 3.29. The fourth-order valence-electron chi connectivity index (χ4n) is 2.05. The summed E-state index contributed by atoms with van der Waals surface area (Å²) in [5.74, 6) is -1.78. The molecule has 0 atom stereocenters. The summed E-state index contributed by atoms with van der Waals surface area (Å²) in [6, 6.07) is 5.71. The van der Waals surface area contributed by atoms with Crippen LogP contribution in [0.4, 0.5) is 13.2 Å². The van der Waals surface area contributed by atoms with E-state index in [1.807, 2.05) is 0 Å². The first-order chi connectivity index (χ1) is 8.47. The van der Waals surface area contributed by atoms with Crippen LogP contribution in [0.15, 0.2) is 29.2 Å². The van der Waals surface area contributed by atoms with Crippen molar-refractivity contribution in [1.29, 1.82) is 0 Å². The minimum absolute atomic E-state index is 0.293. The SMILES string of the molecule is O=C(c1ccc(SC2CCCC2)cc1)C(F)(F)F. The molecule has 0 aromatic heterocycles. The second kappa shape index (κ2) is 5.34. The lowest BCUT2D eigenvalue weighted by atomic mass is 10.1. The minimum atomic E-state index is -4.79. The minimum Gasteiger partial charge on any atom is -0.284 e. The first-order valence-electron chi connectivity index (χ1n) is 5.85. The molecule has 1 aromatic rings. The summed E-state index contributed by atoms with van der Waals surface area (Å²) in [4.78, 5) is 11.9. The number of thioether (sulfide) groups is 1. The number of Topliss-reactive ketones (excluding diaryl/α,β-unsaturated/α-hetero) is 1. The Hall–Kier alpha value is -0.970. The molecular formula is C13H13F3OS. The number of hydrogen-bond acceptors (Lipinski definition) is 2. The highest BCUT2D eigenvalue weighted by atomic mass is 32.2. The summed E-state index contributed by atoms with van der Waals surface area (Å²) >= 11 is 1.69. The first kappa shape index (κ1) is 13.5. The van der Waals surface area contributed by atoms with Gasteiger partial charge in [0.1, 0.15) is 0 Å². The van der Waals surface area contributed by atoms with Gasteiger partial charge in [0.15, 0.2) is 0 Å². The molecule has 0 unspecified atom stereocenters. The molecule has 2 rings (SSSR count). The van der Waals surface area contributed by atoms with E-state index in [-0.39, 0.29) is 5.56 Å². The van der Waals surface area contributed by atoms with E-state index < -0.39 is 12.0 Å². The molecule has 1 fully saturated rings. The number of ketones is 1. The second-order valence-corrected chi connectivity index (χ2v) is 5.75. The molecule has 0 aliphatic heterocycles. The van der Waals surface area contributed by atoms with Crippen LogP contribution in [-0.2, 0) is 0 Å². The molecule has 0 amide bonds. The standard InChI is InChI=1S/C13H13F3OS/c14-13(15,16)12(17)9-5-7-11(8-6-9)18-10-3-1-2-4-10/h5-8,10H,1-4H2. The molecule has 1 nitrogen and oxygen atoms in total. The average molecular weight is 274 g/mol. The largest absolute Gasteiger partial charge is 0.454 e. The summed E-state index contributed by atoms with van der Waals surface area (Å²) in [6.45, 7) is 0. The second-order valence-electron chi connectivity index (χ2n) is 4.38. The smallest absolute Gasteiger partial charge is 0.284 e. The molecule has 1 aromatic carbocycles. The van der Waals surface area contributed by atoms with Crippen LogP contribution in [0.25, 0.3) is 0 Å². The molecule has 0 heterocycles. The van der Waals surface area contributed by atoms with E-state index in [1.165, 1.54) is 25.0 Å². The highest BCUT2D eigenvalue weighted by molar-refractivity contribution is 8.00. The van der Waals surface area contributed by atoms with Crippen LogP contribution in [0.1, 0.15) is 36.0 Å². The Kier molecular flexibility index (Phi) is 4.00. The average Bonchev–Trinajstić information content (AvgIpc) is 2.81. The number of carbonyl (C=O) groups excluding carboxylic acids is 1. The quantitative estimate of drug-likeness (QED) is 0.757. The maximum Gasteiger partial charge on any atom is 0.454 e. The lowest BCUT2D eigenvalue weighted by Crippen LogP contribution is -2.22. The van der Waals surface area contributed by atoms with Crippen LogP contribution in [0, 0.1) is 0 Å². The predicted molar refractivity (Wildman–Crippen MR) is 64.9 cm³/mol. The molecule has 98 valence electrons. The molecular weight excluding hydrogens is 261 g/mol. The molecule has 18 heavy (non-hydrogen) atoms. The van der Waals surface area contributed by atoms with Crippen molar-refractivity contribution < 1.29 is 18.0 Å². The Morgan fingerprint density at radius 2 is 1.67 bits per heavy atom. The van der Waals surface area contributed by atoms with Gasteiger partial charge in [0, 0.05) is 15.7 Å². The summed E-state index contributed by atoms with van der Waals surface area (Å²) in [5, 5.41) is 0.564. The molecule has 0 N–H and O–H groups in total. The van der Waals surface area contributed by atoms with Crippen LogP contribution < -0.4 is 0 Å². The van der Waals surface area contributed by atoms with Crippen molar-refractivity contribution in [3.05, 3.63) is 29.8 Å². The van der Waals surface area contributed by atoms with E-state index in [4.69, 9.17) is 0 Å². The van der Waals surface area contributed by atoms with Crippen molar-refractivity contribution in [2.75, 3.05) is 0 Å². The number of carbonyl (C=O) groups is 1. The Bertz CT molecular complexity index is 419. The van der Waals surface area contributed by atoms with Crippen LogP contribution in [0.2, 0.25) is 0 Å². The molecule has 1 aliphatic rings. The fraction of sp³-hybridized carbons (Fsp3) is 0.462. The van der Waals surface area contributed by atoms with Crippen LogP contribution in [-0.4, -0.2) is 17.2 Å². The first-order valence-corrected chi connectivity index (χ1v) is 6.73. The molecule has 1 saturated carbocycles. The molecule has 0 spiro atoms. The zero-order chi connectivity index (χ0) is 13.2. The number of alkyl halides is 3. The summed E-state index contributed by atoms with van der Waals surface area (Å²) < 4.78 is 36.6. The highest BCUT2D eigenvalue weighted by Gasteiger charge is 2.39. The maximum absolute atomic E-state index is 12.2. The third-order valence-corrected chi connectivity index (χ3v) is 4.33. The van der Waals surface area contributed by atoms with Gasteiger partial charge in [0.25, 0.3) is 5.78 Å². The van der Waals surface area contributed by atoms with Crippen molar-refractivity contribution in [3.8, 4) is 0 Å². The Balaban J connectivity index is 2.03. The molecule has 0 radical (unpaired) electrons. The number of benzene rings is 1. The topological polar surface area (TPSA) is 17.1 Å². The number of rotatable bonds is 3. The third kappa shape index (κ3) is 3.28. The molecule has 1 aliphatic carbocycles. The Morgan fingerprint density at radius 1 is 1.11 bits per heavy atom. The van der Waals surface area contributed by atoms with Crippen LogP contribution in [0.3, 0.4) is 0 Å². The van der Waals surface area contributed by atoms with Gasteiger partial charge in [-0.15, -0.1) is 11.8 Å². The van der Waals surface area contributed by atoms with Gasteiger partial charge in [-0.25, -0.2) is 0 Å². The lowest BCUT2D eigenvalue weighted by molar-refractivity contribution is -0.0885. The summed E-state index contributed by atoms with van der Waals surface area (Å²) in [5.41, 5.74) is -0.293. The lowest BCUT2D eigenvalue weighted by Gasteiger charge is -2.09. The van der Waals surface area contributed by atoms with Gasteiger partial charge in [-0.1, -0.05) is 12.8 Å². The zero-order valence-electron chi connectivity index (χ0n) is 9.67. The van der Waals surface area contributed by atoms with Gasteiger partial charge >= 0.3 is 6.18 Å². The van der Waals surface area contributed by atoms with E-state index in [9.17, 15) is 18.0 Å². The molecule has 0 saturated heterocycles. The van der Waals surface area contributed by atoms with E-state index >= 15 is 0 Å². The molecule has 5 heteroatoms. The highest BCUT2D eigenvalue weighted by Crippen LogP contribution is 2.35. The van der Waals surface area contributed by atoms with Crippen molar-refractivity contribution in [2.45, 2.75) is 42.0 Å². The molecule has 0 bridgehead atoms. The van der Waals surface area contributed by atoms with Crippen molar-refractivity contribution in [2.24, 2.45) is 0 Å². The normalized spacial score (nSPS) is 17.1.